The fraction of sp³-hybridized carbons (Fsp3) is 0.625. The first-order chi connectivity index (χ1) is 9.70. The van der Waals surface area contributed by atoms with Gasteiger partial charge in [-0.15, -0.1) is 12.4 Å². The van der Waals surface area contributed by atoms with Crippen LogP contribution >= 0.6 is 12.4 Å². The van der Waals surface area contributed by atoms with Crippen LogP contribution in [0.4, 0.5) is 8.78 Å². The van der Waals surface area contributed by atoms with Gasteiger partial charge in [0, 0.05) is 38.3 Å². The first-order valence-corrected chi connectivity index (χ1v) is 7.61. The van der Waals surface area contributed by atoms with Gasteiger partial charge in [-0.25, -0.2) is 8.78 Å². The Balaban J connectivity index is 0.00000220. The Kier molecular flexibility index (Phi) is 8.15. The molecule has 0 unspecified atom stereocenters. The molecule has 0 aliphatic carbocycles. The van der Waals surface area contributed by atoms with Crippen LogP contribution < -0.4 is 5.32 Å². The third-order valence-corrected chi connectivity index (χ3v) is 3.94. The summed E-state index contributed by atoms with van der Waals surface area (Å²) in [5, 5.41) is 3.32. The van der Waals surface area contributed by atoms with Gasteiger partial charge in [-0.3, -0.25) is 4.90 Å². The van der Waals surface area contributed by atoms with E-state index >= 15 is 0 Å². The molecule has 1 aromatic rings. The highest BCUT2D eigenvalue weighted by Gasteiger charge is 2.22. The van der Waals surface area contributed by atoms with Gasteiger partial charge in [0.2, 0.25) is 0 Å². The lowest BCUT2D eigenvalue weighted by molar-refractivity contribution is 0.162. The molecule has 21 heavy (non-hydrogen) atoms. The summed E-state index contributed by atoms with van der Waals surface area (Å²) in [6.07, 6.45) is 4.39. The van der Waals surface area contributed by atoms with E-state index in [4.69, 9.17) is 0 Å². The first kappa shape index (κ1) is 18.3. The van der Waals surface area contributed by atoms with Crippen molar-refractivity contribution in [2.24, 2.45) is 0 Å². The monoisotopic (exact) mass is 318 g/mol. The van der Waals surface area contributed by atoms with Gasteiger partial charge in [0.05, 0.1) is 0 Å². The summed E-state index contributed by atoms with van der Waals surface area (Å²) in [5.41, 5.74) is 0.778. The Labute approximate surface area is 132 Å². The van der Waals surface area contributed by atoms with E-state index in [0.717, 1.165) is 57.1 Å². The van der Waals surface area contributed by atoms with E-state index in [1.807, 2.05) is 0 Å². The number of piperazine rings is 1. The number of benzene rings is 1. The molecule has 0 bridgehead atoms. The van der Waals surface area contributed by atoms with Crippen molar-refractivity contribution >= 4 is 12.4 Å². The number of hydrogen-bond acceptors (Lipinski definition) is 2. The molecule has 2 rings (SSSR count). The number of halogens is 3. The average Bonchev–Trinajstić information content (AvgIpc) is 2.43. The number of hydrogen-bond donors (Lipinski definition) is 1. The highest BCUT2D eigenvalue weighted by atomic mass is 35.5. The van der Waals surface area contributed by atoms with Crippen LogP contribution in [0.1, 0.15) is 44.2 Å². The van der Waals surface area contributed by atoms with E-state index in [9.17, 15) is 8.78 Å². The van der Waals surface area contributed by atoms with E-state index in [2.05, 4.69) is 17.1 Å². The minimum atomic E-state index is -0.476. The fourth-order valence-corrected chi connectivity index (χ4v) is 2.91. The van der Waals surface area contributed by atoms with E-state index < -0.39 is 11.6 Å². The van der Waals surface area contributed by atoms with Gasteiger partial charge in [-0.2, -0.15) is 0 Å². The zero-order chi connectivity index (χ0) is 14.4. The molecule has 1 fully saturated rings. The number of nitrogens with zero attached hydrogens (tertiary/aromatic N) is 1. The zero-order valence-electron chi connectivity index (χ0n) is 12.6. The minimum Gasteiger partial charge on any atom is -0.314 e. The molecule has 1 aromatic carbocycles. The van der Waals surface area contributed by atoms with Gasteiger partial charge >= 0.3 is 0 Å². The van der Waals surface area contributed by atoms with Crippen molar-refractivity contribution in [1.29, 1.82) is 0 Å². The lowest BCUT2D eigenvalue weighted by Crippen LogP contribution is -2.45. The van der Waals surface area contributed by atoms with Crippen molar-refractivity contribution in [1.82, 2.24) is 10.2 Å². The lowest BCUT2D eigenvalue weighted by atomic mass is 9.98. The van der Waals surface area contributed by atoms with Crippen molar-refractivity contribution in [3.8, 4) is 0 Å². The summed E-state index contributed by atoms with van der Waals surface area (Å²) in [6, 6.07) is 4.06. The van der Waals surface area contributed by atoms with Crippen molar-refractivity contribution in [3.63, 3.8) is 0 Å². The molecule has 1 atom stereocenters. The van der Waals surface area contributed by atoms with Crippen LogP contribution in [-0.2, 0) is 0 Å². The second-order valence-electron chi connectivity index (χ2n) is 5.50. The molecule has 0 radical (unpaired) electrons. The molecule has 1 saturated heterocycles. The van der Waals surface area contributed by atoms with Crippen LogP contribution in [0.5, 0.6) is 0 Å². The normalized spacial score (nSPS) is 17.3. The van der Waals surface area contributed by atoms with Crippen LogP contribution in [0.25, 0.3) is 0 Å². The van der Waals surface area contributed by atoms with E-state index in [-0.39, 0.29) is 18.4 Å². The lowest BCUT2D eigenvalue weighted by Gasteiger charge is -2.35. The maximum absolute atomic E-state index is 13.5. The van der Waals surface area contributed by atoms with Crippen LogP contribution in [0.2, 0.25) is 0 Å². The van der Waals surface area contributed by atoms with Crippen LogP contribution in [0.3, 0.4) is 0 Å². The number of unbranched alkanes of at least 4 members (excludes halogenated alkanes) is 2. The maximum Gasteiger partial charge on any atom is 0.126 e. The predicted octanol–water partition coefficient (Wildman–Crippen LogP) is 3.91. The van der Waals surface area contributed by atoms with E-state index in [1.54, 1.807) is 0 Å². The Morgan fingerprint density at radius 2 is 1.71 bits per heavy atom. The second kappa shape index (κ2) is 9.34. The maximum atomic E-state index is 13.5. The molecular weight excluding hydrogens is 294 g/mol. The zero-order valence-corrected chi connectivity index (χ0v) is 13.4. The topological polar surface area (TPSA) is 15.3 Å². The molecule has 1 aliphatic heterocycles. The van der Waals surface area contributed by atoms with E-state index in [1.165, 1.54) is 18.6 Å². The summed E-state index contributed by atoms with van der Waals surface area (Å²) in [6.45, 7) is 5.94. The molecule has 0 saturated carbocycles. The van der Waals surface area contributed by atoms with Crippen molar-refractivity contribution in [2.45, 2.75) is 38.6 Å². The summed E-state index contributed by atoms with van der Waals surface area (Å²) in [7, 11) is 0. The quantitative estimate of drug-likeness (QED) is 0.800. The second-order valence-corrected chi connectivity index (χ2v) is 5.50. The van der Waals surface area contributed by atoms with Gasteiger partial charge in [0.25, 0.3) is 0 Å². The standard InChI is InChI=1S/C16H24F2N2.ClH/c1-2-3-4-5-16(20-8-6-19-7-9-20)13-10-14(17)12-15(18)11-13;/h10-12,16,19H,2-9H2,1H3;1H/t16-;/m1./s1. The molecular formula is C16H25ClF2N2. The van der Waals surface area contributed by atoms with Crippen molar-refractivity contribution in [3.05, 3.63) is 35.4 Å². The SMILES string of the molecule is CCCCC[C@H](c1cc(F)cc(F)c1)N1CCNCC1.Cl. The Morgan fingerprint density at radius 3 is 2.29 bits per heavy atom. The average molecular weight is 319 g/mol. The van der Waals surface area contributed by atoms with Gasteiger partial charge in [-0.1, -0.05) is 26.2 Å². The summed E-state index contributed by atoms with van der Waals surface area (Å²) in [4.78, 5) is 2.35. The highest BCUT2D eigenvalue weighted by molar-refractivity contribution is 5.85. The predicted molar refractivity (Wildman–Crippen MR) is 84.9 cm³/mol. The van der Waals surface area contributed by atoms with Crippen LogP contribution in [0.15, 0.2) is 18.2 Å². The smallest absolute Gasteiger partial charge is 0.126 e. The van der Waals surface area contributed by atoms with Crippen molar-refractivity contribution in [2.75, 3.05) is 26.2 Å². The van der Waals surface area contributed by atoms with E-state index in [0.29, 0.717) is 0 Å². The van der Waals surface area contributed by atoms with Crippen molar-refractivity contribution < 1.29 is 8.78 Å². The molecule has 1 aliphatic rings. The minimum absolute atomic E-state index is 0. The van der Waals surface area contributed by atoms with Gasteiger partial charge < -0.3 is 5.32 Å². The molecule has 0 aromatic heterocycles. The first-order valence-electron chi connectivity index (χ1n) is 7.61. The van der Waals surface area contributed by atoms with Gasteiger partial charge in [-0.05, 0) is 24.1 Å². The Bertz CT molecular complexity index is 402. The molecule has 0 amide bonds. The Hall–Kier alpha value is -0.710. The fourth-order valence-electron chi connectivity index (χ4n) is 2.91. The molecule has 5 heteroatoms. The van der Waals surface area contributed by atoms with Gasteiger partial charge in [0.1, 0.15) is 11.6 Å². The molecule has 2 nitrogen and oxygen atoms in total. The molecule has 0 spiro atoms. The third kappa shape index (κ3) is 5.53. The number of nitrogens with one attached hydrogen (secondary N) is 1. The molecule has 1 N–H and O–H groups in total. The third-order valence-electron chi connectivity index (χ3n) is 3.94. The highest BCUT2D eigenvalue weighted by Crippen LogP contribution is 2.28. The summed E-state index contributed by atoms with van der Waals surface area (Å²) < 4.78 is 26.9. The summed E-state index contributed by atoms with van der Waals surface area (Å²) in [5.74, 6) is -0.953. The molecule has 120 valence electrons. The van der Waals surface area contributed by atoms with Gasteiger partial charge in [0.15, 0.2) is 0 Å². The van der Waals surface area contributed by atoms with Crippen LogP contribution in [-0.4, -0.2) is 31.1 Å². The Morgan fingerprint density at radius 1 is 1.10 bits per heavy atom. The summed E-state index contributed by atoms with van der Waals surface area (Å²) >= 11 is 0. The van der Waals surface area contributed by atoms with Crippen LogP contribution in [0, 0.1) is 11.6 Å². The largest absolute Gasteiger partial charge is 0.314 e. The molecule has 1 heterocycles. The number of rotatable bonds is 6.